The number of hydrogen-bond donors (Lipinski definition) is 1. The average molecular weight is 560 g/mol. The lowest BCUT2D eigenvalue weighted by Crippen LogP contribution is -2.42. The van der Waals surface area contributed by atoms with Gasteiger partial charge in [0.25, 0.3) is 10.0 Å². The normalized spacial score (nSPS) is 12.3. The SMILES string of the molecule is COc1ccc([C@H](CC(C)C)NC(=O)CN(c2cccc(Br)c2)S(=O)(=O)c2ccc(C)cc2)cc1. The number of carbonyl (C=O) groups excluding carboxylic acids is 1. The van der Waals surface area contributed by atoms with Gasteiger partial charge in [0.05, 0.1) is 23.7 Å². The second-order valence-electron chi connectivity index (χ2n) is 8.83. The van der Waals surface area contributed by atoms with Crippen LogP contribution in [0.3, 0.4) is 0 Å². The van der Waals surface area contributed by atoms with Crippen molar-refractivity contribution in [3.63, 3.8) is 0 Å². The lowest BCUT2D eigenvalue weighted by atomic mass is 9.97. The monoisotopic (exact) mass is 558 g/mol. The number of anilines is 1. The highest BCUT2D eigenvalue weighted by Crippen LogP contribution is 2.28. The summed E-state index contributed by atoms with van der Waals surface area (Å²) in [5.74, 6) is 0.662. The number of methoxy groups -OCH3 is 1. The molecule has 3 aromatic rings. The van der Waals surface area contributed by atoms with Crippen LogP contribution in [-0.4, -0.2) is 28.0 Å². The van der Waals surface area contributed by atoms with E-state index in [-0.39, 0.29) is 23.4 Å². The van der Waals surface area contributed by atoms with Gasteiger partial charge in [-0.2, -0.15) is 0 Å². The van der Waals surface area contributed by atoms with Crippen molar-refractivity contribution in [1.29, 1.82) is 0 Å². The van der Waals surface area contributed by atoms with Gasteiger partial charge in [-0.05, 0) is 67.3 Å². The molecule has 0 radical (unpaired) electrons. The molecule has 186 valence electrons. The Morgan fingerprint density at radius 3 is 2.26 bits per heavy atom. The second kappa shape index (κ2) is 11.7. The fraction of sp³-hybridized carbons (Fsp3) is 0.296. The van der Waals surface area contributed by atoms with E-state index in [9.17, 15) is 13.2 Å². The van der Waals surface area contributed by atoms with E-state index in [2.05, 4.69) is 35.1 Å². The fourth-order valence-electron chi connectivity index (χ4n) is 3.74. The lowest BCUT2D eigenvalue weighted by molar-refractivity contribution is -0.120. The third kappa shape index (κ3) is 7.08. The number of hydrogen-bond acceptors (Lipinski definition) is 4. The van der Waals surface area contributed by atoms with Gasteiger partial charge in [-0.15, -0.1) is 0 Å². The molecule has 1 amide bonds. The molecule has 0 spiro atoms. The second-order valence-corrected chi connectivity index (χ2v) is 11.6. The van der Waals surface area contributed by atoms with Crippen molar-refractivity contribution < 1.29 is 17.9 Å². The summed E-state index contributed by atoms with van der Waals surface area (Å²) in [6.07, 6.45) is 0.708. The number of nitrogens with zero attached hydrogens (tertiary/aromatic N) is 1. The van der Waals surface area contributed by atoms with Crippen LogP contribution >= 0.6 is 15.9 Å². The van der Waals surface area contributed by atoms with Crippen molar-refractivity contribution in [2.75, 3.05) is 18.0 Å². The number of carbonyl (C=O) groups is 1. The minimum Gasteiger partial charge on any atom is -0.497 e. The zero-order chi connectivity index (χ0) is 25.6. The van der Waals surface area contributed by atoms with Crippen LogP contribution in [0.2, 0.25) is 0 Å². The Morgan fingerprint density at radius 1 is 1.03 bits per heavy atom. The van der Waals surface area contributed by atoms with Crippen molar-refractivity contribution in [3.05, 3.63) is 88.4 Å². The van der Waals surface area contributed by atoms with Crippen LogP contribution in [0.25, 0.3) is 0 Å². The van der Waals surface area contributed by atoms with Crippen LogP contribution in [0.5, 0.6) is 5.75 Å². The van der Waals surface area contributed by atoms with Gasteiger partial charge in [-0.3, -0.25) is 9.10 Å². The van der Waals surface area contributed by atoms with Crippen molar-refractivity contribution in [1.82, 2.24) is 5.32 Å². The molecular weight excluding hydrogens is 528 g/mol. The fourth-order valence-corrected chi connectivity index (χ4v) is 5.54. The number of aryl methyl sites for hydroxylation is 1. The molecule has 0 aliphatic rings. The van der Waals surface area contributed by atoms with E-state index in [0.29, 0.717) is 18.0 Å². The predicted octanol–water partition coefficient (Wildman–Crippen LogP) is 5.87. The minimum atomic E-state index is -3.98. The summed E-state index contributed by atoms with van der Waals surface area (Å²) in [6.45, 7) is 5.71. The quantitative estimate of drug-likeness (QED) is 0.338. The Kier molecular flexibility index (Phi) is 8.97. The Morgan fingerprint density at radius 2 is 1.69 bits per heavy atom. The highest BCUT2D eigenvalue weighted by atomic mass is 79.9. The molecule has 0 heterocycles. The van der Waals surface area contributed by atoms with Crippen LogP contribution in [0.15, 0.2) is 82.2 Å². The molecule has 8 heteroatoms. The molecule has 3 rings (SSSR count). The molecule has 1 N–H and O–H groups in total. The van der Waals surface area contributed by atoms with Crippen molar-refractivity contribution in [2.45, 2.75) is 38.1 Å². The maximum absolute atomic E-state index is 13.6. The maximum Gasteiger partial charge on any atom is 0.264 e. The number of sulfonamides is 1. The van der Waals surface area contributed by atoms with Crippen molar-refractivity contribution in [3.8, 4) is 5.75 Å². The Bertz CT molecular complexity index is 1240. The van der Waals surface area contributed by atoms with Gasteiger partial charge in [0.2, 0.25) is 5.91 Å². The predicted molar refractivity (Wildman–Crippen MR) is 143 cm³/mol. The molecular formula is C27H31BrN2O4S. The first-order chi connectivity index (χ1) is 16.6. The molecule has 6 nitrogen and oxygen atoms in total. The van der Waals surface area contributed by atoms with Crippen LogP contribution < -0.4 is 14.4 Å². The first kappa shape index (κ1) is 26.8. The van der Waals surface area contributed by atoms with Crippen LogP contribution in [-0.2, 0) is 14.8 Å². The number of ether oxygens (including phenoxy) is 1. The minimum absolute atomic E-state index is 0.129. The average Bonchev–Trinajstić information content (AvgIpc) is 2.82. The van der Waals surface area contributed by atoms with Gasteiger partial charge in [-0.1, -0.05) is 65.7 Å². The molecule has 0 aliphatic carbocycles. The summed E-state index contributed by atoms with van der Waals surface area (Å²) in [4.78, 5) is 13.4. The number of halogens is 1. The Balaban J connectivity index is 1.92. The molecule has 35 heavy (non-hydrogen) atoms. The van der Waals surface area contributed by atoms with Gasteiger partial charge in [-0.25, -0.2) is 8.42 Å². The van der Waals surface area contributed by atoms with Crippen molar-refractivity contribution >= 4 is 37.5 Å². The molecule has 1 atom stereocenters. The zero-order valence-corrected chi connectivity index (χ0v) is 22.8. The number of rotatable bonds is 10. The standard InChI is InChI=1S/C27H31BrN2O4S/c1-19(2)16-26(21-10-12-24(34-4)13-11-21)29-27(31)18-30(23-7-5-6-22(28)17-23)35(32,33)25-14-8-20(3)9-15-25/h5-15,17,19,26H,16,18H2,1-4H3,(H,29,31)/t26-/m0/s1. The summed E-state index contributed by atoms with van der Waals surface area (Å²) < 4.78 is 34.3. The van der Waals surface area contributed by atoms with E-state index >= 15 is 0 Å². The van der Waals surface area contributed by atoms with E-state index in [1.807, 2.05) is 37.3 Å². The lowest BCUT2D eigenvalue weighted by Gasteiger charge is -2.27. The van der Waals surface area contributed by atoms with Crippen LogP contribution in [0.1, 0.15) is 37.4 Å². The third-order valence-corrected chi connectivity index (χ3v) is 7.83. The molecule has 0 saturated heterocycles. The van der Waals surface area contributed by atoms with Crippen LogP contribution in [0.4, 0.5) is 5.69 Å². The zero-order valence-electron chi connectivity index (χ0n) is 20.4. The third-order valence-electron chi connectivity index (χ3n) is 5.55. The van der Waals surface area contributed by atoms with Crippen molar-refractivity contribution in [2.24, 2.45) is 5.92 Å². The van der Waals surface area contributed by atoms with E-state index in [1.165, 1.54) is 0 Å². The molecule has 0 aromatic heterocycles. The maximum atomic E-state index is 13.6. The first-order valence-electron chi connectivity index (χ1n) is 11.4. The summed E-state index contributed by atoms with van der Waals surface area (Å²) in [5.41, 5.74) is 2.29. The number of benzene rings is 3. The Hall–Kier alpha value is -2.84. The van der Waals surface area contributed by atoms with E-state index in [0.717, 1.165) is 25.7 Å². The van der Waals surface area contributed by atoms with Crippen LogP contribution in [0, 0.1) is 12.8 Å². The topological polar surface area (TPSA) is 75.7 Å². The molecule has 0 aliphatic heterocycles. The summed E-state index contributed by atoms with van der Waals surface area (Å²) >= 11 is 3.41. The summed E-state index contributed by atoms with van der Waals surface area (Å²) in [5, 5.41) is 3.05. The molecule has 0 bridgehead atoms. The molecule has 0 fully saturated rings. The van der Waals surface area contributed by atoms with Gasteiger partial charge < -0.3 is 10.1 Å². The summed E-state index contributed by atoms with van der Waals surface area (Å²) in [6, 6.07) is 20.8. The highest BCUT2D eigenvalue weighted by molar-refractivity contribution is 9.10. The van der Waals surface area contributed by atoms with Gasteiger partial charge in [0.1, 0.15) is 12.3 Å². The van der Waals surface area contributed by atoms with E-state index in [1.54, 1.807) is 49.6 Å². The first-order valence-corrected chi connectivity index (χ1v) is 13.6. The Labute approximate surface area is 216 Å². The van der Waals surface area contributed by atoms with E-state index < -0.39 is 10.0 Å². The molecule has 0 saturated carbocycles. The number of nitrogens with one attached hydrogen (secondary N) is 1. The largest absolute Gasteiger partial charge is 0.497 e. The molecule has 0 unspecified atom stereocenters. The van der Waals surface area contributed by atoms with Gasteiger partial charge in [0.15, 0.2) is 0 Å². The van der Waals surface area contributed by atoms with Gasteiger partial charge in [0, 0.05) is 4.47 Å². The summed E-state index contributed by atoms with van der Waals surface area (Å²) in [7, 11) is -2.38. The molecule has 3 aromatic carbocycles. The smallest absolute Gasteiger partial charge is 0.264 e. The highest BCUT2D eigenvalue weighted by Gasteiger charge is 2.28. The number of amides is 1. The van der Waals surface area contributed by atoms with Gasteiger partial charge >= 0.3 is 0 Å². The van der Waals surface area contributed by atoms with E-state index in [4.69, 9.17) is 4.74 Å².